The van der Waals surface area contributed by atoms with Crippen LogP contribution in [0.2, 0.25) is 0 Å². The first-order chi connectivity index (χ1) is 7.16. The summed E-state index contributed by atoms with van der Waals surface area (Å²) in [5.74, 6) is 0. The van der Waals surface area contributed by atoms with Gasteiger partial charge in [-0.3, -0.25) is 0 Å². The minimum absolute atomic E-state index is 0.915. The minimum atomic E-state index is 0.915. The molecular formula is C12H13BrN2. The SMILES string of the molecule is Cc1cccc(Cc2c(Br)ncn2C)c1. The van der Waals surface area contributed by atoms with Crippen molar-refractivity contribution in [3.63, 3.8) is 0 Å². The van der Waals surface area contributed by atoms with Crippen molar-refractivity contribution in [1.82, 2.24) is 9.55 Å². The molecule has 0 spiro atoms. The normalized spacial score (nSPS) is 10.6. The van der Waals surface area contributed by atoms with Gasteiger partial charge in [0.1, 0.15) is 4.60 Å². The molecule has 0 bridgehead atoms. The maximum atomic E-state index is 4.21. The fourth-order valence-corrected chi connectivity index (χ4v) is 2.15. The van der Waals surface area contributed by atoms with Gasteiger partial charge in [-0.2, -0.15) is 0 Å². The van der Waals surface area contributed by atoms with E-state index in [9.17, 15) is 0 Å². The summed E-state index contributed by atoms with van der Waals surface area (Å²) in [7, 11) is 2.02. The summed E-state index contributed by atoms with van der Waals surface area (Å²) in [6, 6.07) is 8.56. The third kappa shape index (κ3) is 2.29. The Morgan fingerprint density at radius 1 is 1.40 bits per heavy atom. The number of aromatic nitrogens is 2. The molecule has 0 saturated heterocycles. The van der Waals surface area contributed by atoms with Gasteiger partial charge < -0.3 is 4.57 Å². The van der Waals surface area contributed by atoms with E-state index in [2.05, 4.69) is 52.1 Å². The molecule has 2 nitrogen and oxygen atoms in total. The number of rotatable bonds is 2. The molecule has 0 saturated carbocycles. The van der Waals surface area contributed by atoms with Gasteiger partial charge in [0, 0.05) is 13.5 Å². The summed E-state index contributed by atoms with van der Waals surface area (Å²) in [5, 5.41) is 0. The molecule has 0 unspecified atom stereocenters. The van der Waals surface area contributed by atoms with E-state index in [0.29, 0.717) is 0 Å². The van der Waals surface area contributed by atoms with Crippen LogP contribution >= 0.6 is 15.9 Å². The Labute approximate surface area is 98.1 Å². The van der Waals surface area contributed by atoms with E-state index in [-0.39, 0.29) is 0 Å². The zero-order valence-corrected chi connectivity index (χ0v) is 10.5. The second-order valence-electron chi connectivity index (χ2n) is 3.76. The second kappa shape index (κ2) is 4.19. The van der Waals surface area contributed by atoms with Crippen molar-refractivity contribution in [1.29, 1.82) is 0 Å². The zero-order chi connectivity index (χ0) is 10.8. The topological polar surface area (TPSA) is 17.8 Å². The lowest BCUT2D eigenvalue weighted by Crippen LogP contribution is -1.97. The number of benzene rings is 1. The Hall–Kier alpha value is -1.09. The third-order valence-corrected chi connectivity index (χ3v) is 3.12. The van der Waals surface area contributed by atoms with Crippen LogP contribution in [0.15, 0.2) is 35.2 Å². The molecule has 0 amide bonds. The average molecular weight is 265 g/mol. The van der Waals surface area contributed by atoms with Crippen LogP contribution < -0.4 is 0 Å². The van der Waals surface area contributed by atoms with Crippen molar-refractivity contribution in [2.75, 3.05) is 0 Å². The van der Waals surface area contributed by atoms with Crippen molar-refractivity contribution >= 4 is 15.9 Å². The van der Waals surface area contributed by atoms with Crippen LogP contribution in [0.3, 0.4) is 0 Å². The first kappa shape index (κ1) is 10.4. The van der Waals surface area contributed by atoms with Crippen LogP contribution in [0, 0.1) is 6.92 Å². The Bertz CT molecular complexity index is 455. The number of imidazole rings is 1. The smallest absolute Gasteiger partial charge is 0.127 e. The van der Waals surface area contributed by atoms with Crippen LogP contribution in [0.25, 0.3) is 0 Å². The largest absolute Gasteiger partial charge is 0.336 e. The summed E-state index contributed by atoms with van der Waals surface area (Å²) in [6.07, 6.45) is 2.74. The molecule has 0 radical (unpaired) electrons. The van der Waals surface area contributed by atoms with E-state index >= 15 is 0 Å². The molecule has 0 aliphatic heterocycles. The van der Waals surface area contributed by atoms with Gasteiger partial charge in [-0.1, -0.05) is 29.8 Å². The van der Waals surface area contributed by atoms with Crippen molar-refractivity contribution < 1.29 is 0 Å². The van der Waals surface area contributed by atoms with Gasteiger partial charge in [0.15, 0.2) is 0 Å². The van der Waals surface area contributed by atoms with Crippen molar-refractivity contribution in [3.05, 3.63) is 52.0 Å². The molecule has 78 valence electrons. The summed E-state index contributed by atoms with van der Waals surface area (Å²) >= 11 is 3.46. The number of hydrogen-bond acceptors (Lipinski definition) is 1. The summed E-state index contributed by atoms with van der Waals surface area (Å²) < 4.78 is 2.98. The van der Waals surface area contributed by atoms with Crippen molar-refractivity contribution in [3.8, 4) is 0 Å². The molecule has 2 rings (SSSR count). The van der Waals surface area contributed by atoms with Gasteiger partial charge in [0.25, 0.3) is 0 Å². The van der Waals surface area contributed by atoms with Crippen LogP contribution in [-0.4, -0.2) is 9.55 Å². The van der Waals surface area contributed by atoms with Gasteiger partial charge in [0.2, 0.25) is 0 Å². The minimum Gasteiger partial charge on any atom is -0.336 e. The highest BCUT2D eigenvalue weighted by Gasteiger charge is 2.06. The van der Waals surface area contributed by atoms with E-state index in [1.165, 1.54) is 16.8 Å². The van der Waals surface area contributed by atoms with Crippen LogP contribution in [-0.2, 0) is 13.5 Å². The van der Waals surface area contributed by atoms with Crippen LogP contribution in [0.1, 0.15) is 16.8 Å². The van der Waals surface area contributed by atoms with Crippen molar-refractivity contribution in [2.24, 2.45) is 7.05 Å². The number of hydrogen-bond donors (Lipinski definition) is 0. The van der Waals surface area contributed by atoms with E-state index in [1.54, 1.807) is 0 Å². The number of aryl methyl sites for hydroxylation is 2. The fraction of sp³-hybridized carbons (Fsp3) is 0.250. The van der Waals surface area contributed by atoms with E-state index in [4.69, 9.17) is 0 Å². The maximum absolute atomic E-state index is 4.21. The number of halogens is 1. The molecule has 1 aromatic heterocycles. The molecule has 2 aromatic rings. The van der Waals surface area contributed by atoms with Gasteiger partial charge in [-0.15, -0.1) is 0 Å². The van der Waals surface area contributed by atoms with Gasteiger partial charge in [0.05, 0.1) is 12.0 Å². The lowest BCUT2D eigenvalue weighted by atomic mass is 10.1. The molecule has 15 heavy (non-hydrogen) atoms. The third-order valence-electron chi connectivity index (χ3n) is 2.46. The van der Waals surface area contributed by atoms with E-state index in [0.717, 1.165) is 11.0 Å². The highest BCUT2D eigenvalue weighted by molar-refractivity contribution is 9.10. The van der Waals surface area contributed by atoms with E-state index < -0.39 is 0 Å². The van der Waals surface area contributed by atoms with E-state index in [1.807, 2.05) is 17.9 Å². The molecule has 1 aromatic carbocycles. The Kier molecular flexibility index (Phi) is 2.91. The lowest BCUT2D eigenvalue weighted by Gasteiger charge is -2.04. The predicted octanol–water partition coefficient (Wildman–Crippen LogP) is 3.08. The molecule has 3 heteroatoms. The van der Waals surface area contributed by atoms with Crippen LogP contribution in [0.4, 0.5) is 0 Å². The highest BCUT2D eigenvalue weighted by Crippen LogP contribution is 2.18. The monoisotopic (exact) mass is 264 g/mol. The molecule has 0 N–H and O–H groups in total. The molecular weight excluding hydrogens is 252 g/mol. The standard InChI is InChI=1S/C12H13BrN2/c1-9-4-3-5-10(6-9)7-11-12(13)14-8-15(11)2/h3-6,8H,7H2,1-2H3. The quantitative estimate of drug-likeness (QED) is 0.815. The van der Waals surface area contributed by atoms with Crippen LogP contribution in [0.5, 0.6) is 0 Å². The summed E-state index contributed by atoms with van der Waals surface area (Å²) in [4.78, 5) is 4.21. The fourth-order valence-electron chi connectivity index (χ4n) is 1.64. The van der Waals surface area contributed by atoms with Crippen molar-refractivity contribution in [2.45, 2.75) is 13.3 Å². The summed E-state index contributed by atoms with van der Waals surface area (Å²) in [5.41, 5.74) is 3.82. The Balaban J connectivity index is 2.29. The van der Waals surface area contributed by atoms with Gasteiger partial charge in [-0.05, 0) is 28.4 Å². The Morgan fingerprint density at radius 2 is 2.20 bits per heavy atom. The molecule has 0 atom stereocenters. The Morgan fingerprint density at radius 3 is 2.80 bits per heavy atom. The molecule has 0 fully saturated rings. The second-order valence-corrected chi connectivity index (χ2v) is 4.51. The first-order valence-electron chi connectivity index (χ1n) is 4.88. The lowest BCUT2D eigenvalue weighted by molar-refractivity contribution is 0.842. The molecule has 0 aliphatic rings. The average Bonchev–Trinajstić information content (AvgIpc) is 2.50. The molecule has 1 heterocycles. The molecule has 0 aliphatic carbocycles. The predicted molar refractivity (Wildman–Crippen MR) is 64.9 cm³/mol. The zero-order valence-electron chi connectivity index (χ0n) is 8.87. The van der Waals surface area contributed by atoms with Gasteiger partial charge >= 0.3 is 0 Å². The summed E-state index contributed by atoms with van der Waals surface area (Å²) in [6.45, 7) is 2.11. The van der Waals surface area contributed by atoms with Gasteiger partial charge in [-0.25, -0.2) is 4.98 Å². The maximum Gasteiger partial charge on any atom is 0.127 e. The first-order valence-corrected chi connectivity index (χ1v) is 5.67. The highest BCUT2D eigenvalue weighted by atomic mass is 79.9. The number of nitrogens with zero attached hydrogens (tertiary/aromatic N) is 2.